The van der Waals surface area contributed by atoms with E-state index in [0.29, 0.717) is 17.5 Å². The summed E-state index contributed by atoms with van der Waals surface area (Å²) in [5, 5.41) is 2.18. The number of imidazole rings is 1. The first-order valence-corrected chi connectivity index (χ1v) is 18.2. The smallest absolute Gasteiger partial charge is 0.164 e. The van der Waals surface area contributed by atoms with Crippen LogP contribution in [0.15, 0.2) is 194 Å². The second-order valence-corrected chi connectivity index (χ2v) is 13.4. The maximum atomic E-state index is 5.08. The lowest BCUT2D eigenvalue weighted by molar-refractivity contribution is 1.08. The largest absolute Gasteiger partial charge is 0.292 e. The minimum atomic E-state index is 0.633. The second kappa shape index (κ2) is 13.8. The van der Waals surface area contributed by atoms with Crippen molar-refractivity contribution >= 4 is 21.8 Å². The molecular weight excluding hydrogens is 673 g/mol. The Morgan fingerprint density at radius 1 is 0.345 bits per heavy atom. The quantitative estimate of drug-likeness (QED) is 0.165. The first kappa shape index (κ1) is 32.1. The molecule has 3 heterocycles. The highest BCUT2D eigenvalue weighted by molar-refractivity contribution is 6.04. The first-order chi connectivity index (χ1) is 27.3. The summed E-state index contributed by atoms with van der Waals surface area (Å²) in [5.41, 5.74) is 11.1. The van der Waals surface area contributed by atoms with E-state index in [-0.39, 0.29) is 0 Å². The summed E-state index contributed by atoms with van der Waals surface area (Å²) in [6, 6.07) is 62.4. The number of hydrogen-bond donors (Lipinski definition) is 0. The number of para-hydroxylation sites is 3. The fraction of sp³-hybridized carbons (Fsp3) is 0. The number of nitrogens with zero attached hydrogens (tertiary/aromatic N) is 6. The average Bonchev–Trinajstić information content (AvgIpc) is 3.67. The molecule has 7 aromatic carbocycles. The molecule has 0 aliphatic heterocycles. The van der Waals surface area contributed by atoms with Gasteiger partial charge in [-0.25, -0.2) is 19.9 Å². The van der Waals surface area contributed by atoms with E-state index in [2.05, 4.69) is 114 Å². The highest BCUT2D eigenvalue weighted by Gasteiger charge is 2.18. The third-order valence-electron chi connectivity index (χ3n) is 9.94. The molecular formula is C49H32N6. The molecule has 55 heavy (non-hydrogen) atoms. The molecule has 0 aliphatic rings. The summed E-state index contributed by atoms with van der Waals surface area (Å²) in [4.78, 5) is 24.8. The third-order valence-corrected chi connectivity index (χ3v) is 9.94. The number of pyridine rings is 1. The first-order valence-electron chi connectivity index (χ1n) is 18.2. The summed E-state index contributed by atoms with van der Waals surface area (Å²) >= 11 is 0. The van der Waals surface area contributed by atoms with Crippen LogP contribution >= 0.6 is 0 Å². The van der Waals surface area contributed by atoms with Gasteiger partial charge in [-0.2, -0.15) is 0 Å². The zero-order valence-corrected chi connectivity index (χ0v) is 29.7. The van der Waals surface area contributed by atoms with Gasteiger partial charge in [0, 0.05) is 45.9 Å². The maximum absolute atomic E-state index is 5.08. The predicted octanol–water partition coefficient (Wildman–Crippen LogP) is 11.8. The molecule has 0 fully saturated rings. The van der Waals surface area contributed by atoms with E-state index in [0.717, 1.165) is 77.8 Å². The van der Waals surface area contributed by atoms with E-state index in [1.807, 2.05) is 85.2 Å². The van der Waals surface area contributed by atoms with Gasteiger partial charge < -0.3 is 0 Å². The molecule has 10 aromatic rings. The van der Waals surface area contributed by atoms with Crippen LogP contribution in [0.2, 0.25) is 0 Å². The average molecular weight is 705 g/mol. The van der Waals surface area contributed by atoms with Crippen LogP contribution in [-0.4, -0.2) is 29.5 Å². The summed E-state index contributed by atoms with van der Waals surface area (Å²) in [7, 11) is 0. The highest BCUT2D eigenvalue weighted by atomic mass is 15.1. The van der Waals surface area contributed by atoms with Gasteiger partial charge in [-0.1, -0.05) is 140 Å². The van der Waals surface area contributed by atoms with Gasteiger partial charge in [-0.3, -0.25) is 9.55 Å². The van der Waals surface area contributed by atoms with Crippen LogP contribution in [-0.2, 0) is 0 Å². The highest BCUT2D eigenvalue weighted by Crippen LogP contribution is 2.38. The summed E-state index contributed by atoms with van der Waals surface area (Å²) in [5.74, 6) is 2.76. The standard InChI is InChI=1S/C49H32N6/c1-4-15-33(16-5-1)46-52-47(34-17-6-2-7-18-34)54-48(53-46)43-28-27-40(41-23-10-11-24-42(41)43)36-20-14-19-35(29-36)37-30-38(32-50-31-37)49-51-44-25-12-13-26-45(44)55(49)39-21-8-3-9-22-39/h1-32H. The molecule has 0 saturated carbocycles. The van der Waals surface area contributed by atoms with Gasteiger partial charge in [-0.05, 0) is 69.9 Å². The molecule has 0 radical (unpaired) electrons. The van der Waals surface area contributed by atoms with Crippen LogP contribution in [0.1, 0.15) is 0 Å². The number of rotatable bonds is 7. The Balaban J connectivity index is 1.07. The van der Waals surface area contributed by atoms with Crippen LogP contribution in [0.25, 0.3) is 95.3 Å². The van der Waals surface area contributed by atoms with Crippen LogP contribution in [0, 0.1) is 0 Å². The Bertz CT molecular complexity index is 2920. The van der Waals surface area contributed by atoms with E-state index in [4.69, 9.17) is 24.9 Å². The molecule has 0 unspecified atom stereocenters. The molecule has 0 N–H and O–H groups in total. The van der Waals surface area contributed by atoms with Gasteiger partial charge >= 0.3 is 0 Å². The summed E-state index contributed by atoms with van der Waals surface area (Å²) < 4.78 is 2.21. The van der Waals surface area contributed by atoms with Crippen LogP contribution in [0.5, 0.6) is 0 Å². The van der Waals surface area contributed by atoms with Crippen molar-refractivity contribution in [2.45, 2.75) is 0 Å². The third kappa shape index (κ3) is 6.02. The van der Waals surface area contributed by atoms with Crippen LogP contribution in [0.3, 0.4) is 0 Å². The zero-order chi connectivity index (χ0) is 36.6. The Morgan fingerprint density at radius 3 is 1.60 bits per heavy atom. The molecule has 0 amide bonds. The predicted molar refractivity (Wildman–Crippen MR) is 222 cm³/mol. The van der Waals surface area contributed by atoms with Crippen molar-refractivity contribution in [3.05, 3.63) is 194 Å². The minimum absolute atomic E-state index is 0.633. The number of aromatic nitrogens is 6. The van der Waals surface area contributed by atoms with Crippen LogP contribution < -0.4 is 0 Å². The Kier molecular flexibility index (Phi) is 8.04. The Hall–Kier alpha value is -7.57. The molecule has 0 saturated heterocycles. The number of hydrogen-bond acceptors (Lipinski definition) is 5. The second-order valence-electron chi connectivity index (χ2n) is 13.4. The lowest BCUT2D eigenvalue weighted by Gasteiger charge is -2.14. The Labute approximate surface area is 318 Å². The molecule has 6 heteroatoms. The lowest BCUT2D eigenvalue weighted by Crippen LogP contribution is -2.00. The van der Waals surface area contributed by atoms with Crippen molar-refractivity contribution in [2.75, 3.05) is 0 Å². The van der Waals surface area contributed by atoms with Gasteiger partial charge in [0.1, 0.15) is 5.82 Å². The van der Waals surface area contributed by atoms with Crippen molar-refractivity contribution in [3.8, 4) is 73.5 Å². The zero-order valence-electron chi connectivity index (χ0n) is 29.7. The lowest BCUT2D eigenvalue weighted by atomic mass is 9.93. The van der Waals surface area contributed by atoms with Crippen LogP contribution in [0.4, 0.5) is 0 Å². The van der Waals surface area contributed by atoms with Crippen molar-refractivity contribution < 1.29 is 0 Å². The minimum Gasteiger partial charge on any atom is -0.292 e. The van der Waals surface area contributed by atoms with E-state index in [1.165, 1.54) is 0 Å². The van der Waals surface area contributed by atoms with E-state index < -0.39 is 0 Å². The molecule has 3 aromatic heterocycles. The molecule has 0 spiro atoms. The summed E-state index contributed by atoms with van der Waals surface area (Å²) in [6.07, 6.45) is 3.82. The monoisotopic (exact) mass is 704 g/mol. The van der Waals surface area contributed by atoms with E-state index >= 15 is 0 Å². The van der Waals surface area contributed by atoms with Crippen molar-refractivity contribution in [3.63, 3.8) is 0 Å². The van der Waals surface area contributed by atoms with Gasteiger partial charge in [0.05, 0.1) is 11.0 Å². The number of benzene rings is 7. The molecule has 10 rings (SSSR count). The molecule has 6 nitrogen and oxygen atoms in total. The van der Waals surface area contributed by atoms with Crippen molar-refractivity contribution in [1.82, 2.24) is 29.5 Å². The topological polar surface area (TPSA) is 69.4 Å². The fourth-order valence-corrected chi connectivity index (χ4v) is 7.32. The normalized spacial score (nSPS) is 11.3. The molecule has 0 bridgehead atoms. The Morgan fingerprint density at radius 2 is 0.873 bits per heavy atom. The van der Waals surface area contributed by atoms with E-state index in [9.17, 15) is 0 Å². The molecule has 0 aliphatic carbocycles. The van der Waals surface area contributed by atoms with Crippen molar-refractivity contribution in [2.24, 2.45) is 0 Å². The molecule has 0 atom stereocenters. The van der Waals surface area contributed by atoms with Gasteiger partial charge in [0.15, 0.2) is 17.5 Å². The van der Waals surface area contributed by atoms with Gasteiger partial charge in [-0.15, -0.1) is 0 Å². The maximum Gasteiger partial charge on any atom is 0.164 e. The SMILES string of the molecule is c1ccc(-c2nc(-c3ccccc3)nc(-c3ccc(-c4cccc(-c5cncc(-c6nc7ccccc7n6-c6ccccc6)c5)c4)c4ccccc34)n2)cc1. The van der Waals surface area contributed by atoms with Crippen molar-refractivity contribution in [1.29, 1.82) is 0 Å². The summed E-state index contributed by atoms with van der Waals surface area (Å²) in [6.45, 7) is 0. The number of fused-ring (bicyclic) bond motifs is 2. The fourth-order valence-electron chi connectivity index (χ4n) is 7.32. The molecule has 258 valence electrons. The van der Waals surface area contributed by atoms with Gasteiger partial charge in [0.25, 0.3) is 0 Å². The van der Waals surface area contributed by atoms with E-state index in [1.54, 1.807) is 0 Å². The van der Waals surface area contributed by atoms with Gasteiger partial charge in [0.2, 0.25) is 0 Å².